The quantitative estimate of drug-likeness (QED) is 0.436. The minimum Gasteiger partial charge on any atom is -0.495 e. The number of ether oxygens (including phenoxy) is 2. The molecule has 0 saturated carbocycles. The maximum Gasteiger partial charge on any atom is 0.264 e. The third-order valence-electron chi connectivity index (χ3n) is 4.97. The molecule has 0 unspecified atom stereocenters. The van der Waals surface area contributed by atoms with Crippen molar-refractivity contribution in [2.24, 2.45) is 0 Å². The van der Waals surface area contributed by atoms with E-state index in [2.05, 4.69) is 5.32 Å². The lowest BCUT2D eigenvalue weighted by atomic mass is 10.1. The fraction of sp³-hybridized carbons (Fsp3) is 0.200. The van der Waals surface area contributed by atoms with Crippen molar-refractivity contribution in [2.75, 3.05) is 29.9 Å². The van der Waals surface area contributed by atoms with Gasteiger partial charge >= 0.3 is 0 Å². The van der Waals surface area contributed by atoms with Crippen LogP contribution in [0.4, 0.5) is 11.4 Å². The maximum absolute atomic E-state index is 13.3. The molecule has 0 aromatic heterocycles. The number of nitrogens with one attached hydrogen (secondary N) is 1. The fourth-order valence-electron chi connectivity index (χ4n) is 3.30. The second-order valence-electron chi connectivity index (χ2n) is 7.29. The van der Waals surface area contributed by atoms with Crippen LogP contribution in [-0.4, -0.2) is 40.4 Å². The molecule has 8 nitrogen and oxygen atoms in total. The van der Waals surface area contributed by atoms with Gasteiger partial charge in [-0.15, -0.1) is 0 Å². The predicted molar refractivity (Wildman–Crippen MR) is 130 cm³/mol. The second-order valence-corrected chi connectivity index (χ2v) is 9.15. The van der Waals surface area contributed by atoms with E-state index in [0.717, 1.165) is 0 Å². The minimum absolute atomic E-state index is 0.00406. The van der Waals surface area contributed by atoms with Gasteiger partial charge in [0.1, 0.15) is 11.5 Å². The number of carbonyl (C=O) groups excluding carboxylic acids is 2. The summed E-state index contributed by atoms with van der Waals surface area (Å²) in [5, 5.41) is 2.64. The van der Waals surface area contributed by atoms with E-state index in [0.29, 0.717) is 22.7 Å². The molecule has 178 valence electrons. The Hall–Kier alpha value is -3.85. The van der Waals surface area contributed by atoms with Crippen LogP contribution in [0.3, 0.4) is 0 Å². The number of hydrogen-bond acceptors (Lipinski definition) is 6. The van der Waals surface area contributed by atoms with Gasteiger partial charge in [-0.3, -0.25) is 13.9 Å². The van der Waals surface area contributed by atoms with Gasteiger partial charge in [-0.2, -0.15) is 0 Å². The number of sulfonamides is 1. The van der Waals surface area contributed by atoms with Gasteiger partial charge in [-0.25, -0.2) is 8.42 Å². The number of nitrogens with zero attached hydrogens (tertiary/aromatic N) is 1. The molecular formula is C25H26N2O6S. The summed E-state index contributed by atoms with van der Waals surface area (Å²) < 4.78 is 38.7. The van der Waals surface area contributed by atoms with Crippen LogP contribution in [0, 0.1) is 0 Å². The number of carbonyl (C=O) groups is 2. The summed E-state index contributed by atoms with van der Waals surface area (Å²) in [6.45, 7) is 3.08. The maximum atomic E-state index is 13.3. The number of amides is 1. The molecule has 1 N–H and O–H groups in total. The van der Waals surface area contributed by atoms with Gasteiger partial charge in [0.05, 0.1) is 23.4 Å². The van der Waals surface area contributed by atoms with E-state index >= 15 is 0 Å². The van der Waals surface area contributed by atoms with Crippen LogP contribution in [0.5, 0.6) is 11.5 Å². The van der Waals surface area contributed by atoms with Gasteiger partial charge in [0.25, 0.3) is 15.9 Å². The Balaban J connectivity index is 1.80. The SMILES string of the molecule is CCN(c1ccccc1)S(=O)(=O)c1ccc(OC)c(NC(=O)COc2cccc(C(C)=O)c2)c1. The van der Waals surface area contributed by atoms with Crippen LogP contribution >= 0.6 is 0 Å². The predicted octanol–water partition coefficient (Wildman–Crippen LogP) is 4.13. The molecule has 3 aromatic carbocycles. The smallest absolute Gasteiger partial charge is 0.264 e. The van der Waals surface area contributed by atoms with Crippen LogP contribution in [0.2, 0.25) is 0 Å². The number of hydrogen-bond donors (Lipinski definition) is 1. The highest BCUT2D eigenvalue weighted by Crippen LogP contribution is 2.30. The van der Waals surface area contributed by atoms with Gasteiger partial charge in [0.2, 0.25) is 0 Å². The normalized spacial score (nSPS) is 10.9. The molecule has 9 heteroatoms. The number of anilines is 2. The highest BCUT2D eigenvalue weighted by atomic mass is 32.2. The van der Waals surface area contributed by atoms with Crippen molar-refractivity contribution in [1.82, 2.24) is 0 Å². The fourth-order valence-corrected chi connectivity index (χ4v) is 4.80. The average Bonchev–Trinajstić information content (AvgIpc) is 2.84. The molecule has 0 aliphatic carbocycles. The van der Waals surface area contributed by atoms with Crippen molar-refractivity contribution in [3.63, 3.8) is 0 Å². The molecule has 0 aliphatic heterocycles. The minimum atomic E-state index is -3.89. The molecule has 3 rings (SSSR count). The Morgan fingerprint density at radius 3 is 2.35 bits per heavy atom. The number of benzene rings is 3. The van der Waals surface area contributed by atoms with Crippen molar-refractivity contribution in [3.05, 3.63) is 78.4 Å². The van der Waals surface area contributed by atoms with Crippen LogP contribution in [0.1, 0.15) is 24.2 Å². The number of ketones is 1. The summed E-state index contributed by atoms with van der Waals surface area (Å²) in [5.74, 6) is 0.0343. The van der Waals surface area contributed by atoms with Crippen LogP contribution < -0.4 is 19.1 Å². The summed E-state index contributed by atoms with van der Waals surface area (Å²) in [6, 6.07) is 19.5. The van der Waals surface area contributed by atoms with E-state index < -0.39 is 15.9 Å². The monoisotopic (exact) mass is 482 g/mol. The highest BCUT2D eigenvalue weighted by Gasteiger charge is 2.25. The largest absolute Gasteiger partial charge is 0.495 e. The highest BCUT2D eigenvalue weighted by molar-refractivity contribution is 7.92. The van der Waals surface area contributed by atoms with Crippen molar-refractivity contribution in [1.29, 1.82) is 0 Å². The van der Waals surface area contributed by atoms with Gasteiger partial charge in [0, 0.05) is 12.1 Å². The molecule has 0 bridgehead atoms. The van der Waals surface area contributed by atoms with E-state index in [9.17, 15) is 18.0 Å². The van der Waals surface area contributed by atoms with Crippen LogP contribution in [0.15, 0.2) is 77.7 Å². The van der Waals surface area contributed by atoms with E-state index in [1.807, 2.05) is 6.07 Å². The first-order chi connectivity index (χ1) is 16.3. The van der Waals surface area contributed by atoms with Crippen molar-refractivity contribution in [2.45, 2.75) is 18.7 Å². The summed E-state index contributed by atoms with van der Waals surface area (Å²) in [7, 11) is -2.47. The average molecular weight is 483 g/mol. The van der Waals surface area contributed by atoms with Crippen LogP contribution in [0.25, 0.3) is 0 Å². The van der Waals surface area contributed by atoms with E-state index in [-0.39, 0.29) is 29.5 Å². The molecule has 0 atom stereocenters. The van der Waals surface area contributed by atoms with Gasteiger partial charge in [0.15, 0.2) is 12.4 Å². The van der Waals surface area contributed by atoms with E-state index in [4.69, 9.17) is 9.47 Å². The number of para-hydroxylation sites is 1. The molecular weight excluding hydrogens is 456 g/mol. The Bertz CT molecular complexity index is 1280. The Morgan fingerprint density at radius 1 is 0.971 bits per heavy atom. The van der Waals surface area contributed by atoms with E-state index in [1.54, 1.807) is 55.5 Å². The van der Waals surface area contributed by atoms with Crippen molar-refractivity contribution >= 4 is 33.1 Å². The first kappa shape index (κ1) is 24.8. The Kier molecular flexibility index (Phi) is 7.91. The second kappa shape index (κ2) is 10.8. The molecule has 0 radical (unpaired) electrons. The first-order valence-corrected chi connectivity index (χ1v) is 12.0. The summed E-state index contributed by atoms with van der Waals surface area (Å²) >= 11 is 0. The number of Topliss-reactive ketones (excluding diaryl/α,β-unsaturated/α-hetero) is 1. The lowest BCUT2D eigenvalue weighted by Crippen LogP contribution is -2.30. The van der Waals surface area contributed by atoms with Crippen LogP contribution in [-0.2, 0) is 14.8 Å². The van der Waals surface area contributed by atoms with Gasteiger partial charge in [-0.1, -0.05) is 30.3 Å². The lowest BCUT2D eigenvalue weighted by molar-refractivity contribution is -0.118. The Labute approximate surface area is 199 Å². The molecule has 3 aromatic rings. The van der Waals surface area contributed by atoms with Gasteiger partial charge in [-0.05, 0) is 56.3 Å². The molecule has 0 aliphatic rings. The topological polar surface area (TPSA) is 102 Å². The molecule has 0 saturated heterocycles. The molecule has 34 heavy (non-hydrogen) atoms. The summed E-state index contributed by atoms with van der Waals surface area (Å²) in [5.41, 5.74) is 1.20. The summed E-state index contributed by atoms with van der Waals surface area (Å²) in [4.78, 5) is 24.1. The number of methoxy groups -OCH3 is 1. The third kappa shape index (κ3) is 5.74. The first-order valence-electron chi connectivity index (χ1n) is 10.6. The molecule has 1 amide bonds. The zero-order valence-corrected chi connectivity index (χ0v) is 20.0. The number of rotatable bonds is 10. The van der Waals surface area contributed by atoms with Crippen molar-refractivity contribution < 1.29 is 27.5 Å². The van der Waals surface area contributed by atoms with Crippen molar-refractivity contribution in [3.8, 4) is 11.5 Å². The third-order valence-corrected chi connectivity index (χ3v) is 6.87. The summed E-state index contributed by atoms with van der Waals surface area (Å²) in [6.07, 6.45) is 0. The van der Waals surface area contributed by atoms with E-state index in [1.165, 1.54) is 36.5 Å². The molecule has 0 spiro atoms. The molecule has 0 fully saturated rings. The van der Waals surface area contributed by atoms with Gasteiger partial charge < -0.3 is 14.8 Å². The standard InChI is InChI=1S/C25H26N2O6S/c1-4-27(20-10-6-5-7-11-20)34(30,31)22-13-14-24(32-3)23(16-22)26-25(29)17-33-21-12-8-9-19(15-21)18(2)28/h5-16H,4,17H2,1-3H3,(H,26,29). The zero-order chi connectivity index (χ0) is 24.7. The lowest BCUT2D eigenvalue weighted by Gasteiger charge is -2.23. The zero-order valence-electron chi connectivity index (χ0n) is 19.1. The molecule has 0 heterocycles. The Morgan fingerprint density at radius 2 is 1.71 bits per heavy atom.